The molecule has 1 heterocycles. The molecular formula is C20H19N3. The van der Waals surface area contributed by atoms with Crippen molar-refractivity contribution < 1.29 is 0 Å². The first-order valence-electron chi connectivity index (χ1n) is 8.18. The number of aryl methyl sites for hydroxylation is 1. The lowest BCUT2D eigenvalue weighted by Crippen LogP contribution is -2.08. The molecule has 0 aliphatic heterocycles. The van der Waals surface area contributed by atoms with E-state index in [4.69, 9.17) is 0 Å². The van der Waals surface area contributed by atoms with Crippen LogP contribution in [-0.4, -0.2) is 15.0 Å². The first kappa shape index (κ1) is 14.1. The van der Waals surface area contributed by atoms with Gasteiger partial charge in [-0.2, -0.15) is 0 Å². The molecule has 4 rings (SSSR count). The van der Waals surface area contributed by atoms with Crippen LogP contribution >= 0.6 is 0 Å². The summed E-state index contributed by atoms with van der Waals surface area (Å²) in [5.41, 5.74) is 3.51. The summed E-state index contributed by atoms with van der Waals surface area (Å²) in [4.78, 5) is 13.7. The Morgan fingerprint density at radius 2 is 1.35 bits per heavy atom. The zero-order valence-corrected chi connectivity index (χ0v) is 13.2. The topological polar surface area (TPSA) is 38.7 Å². The van der Waals surface area contributed by atoms with Crippen molar-refractivity contribution in [2.24, 2.45) is 0 Å². The molecule has 0 bridgehead atoms. The van der Waals surface area contributed by atoms with Gasteiger partial charge in [-0.05, 0) is 31.2 Å². The van der Waals surface area contributed by atoms with Crippen molar-refractivity contribution in [1.82, 2.24) is 15.0 Å². The number of nitrogens with zero attached hydrogens (tertiary/aromatic N) is 3. The molecule has 0 spiro atoms. The smallest absolute Gasteiger partial charge is 0.163 e. The zero-order chi connectivity index (χ0) is 15.6. The summed E-state index contributed by atoms with van der Waals surface area (Å²) in [6, 6.07) is 18.8. The van der Waals surface area contributed by atoms with Crippen LogP contribution in [0, 0.1) is 6.92 Å². The molecule has 0 unspecified atom stereocenters. The van der Waals surface area contributed by atoms with Gasteiger partial charge in [0.2, 0.25) is 0 Å². The van der Waals surface area contributed by atoms with Crippen LogP contribution < -0.4 is 0 Å². The molecule has 1 aliphatic carbocycles. The summed E-state index contributed by atoms with van der Waals surface area (Å²) < 4.78 is 0. The van der Waals surface area contributed by atoms with Crippen molar-refractivity contribution in [2.45, 2.75) is 32.1 Å². The van der Waals surface area contributed by atoms with Crippen LogP contribution in [0.25, 0.3) is 22.8 Å². The molecule has 1 aromatic heterocycles. The highest BCUT2D eigenvalue weighted by atomic mass is 15.0. The molecular weight excluding hydrogens is 282 g/mol. The minimum Gasteiger partial charge on any atom is -0.213 e. The molecule has 3 heteroatoms. The van der Waals surface area contributed by atoms with E-state index in [0.717, 1.165) is 34.5 Å². The van der Waals surface area contributed by atoms with Crippen LogP contribution in [0.5, 0.6) is 0 Å². The van der Waals surface area contributed by atoms with E-state index < -0.39 is 0 Å². The summed E-state index contributed by atoms with van der Waals surface area (Å²) in [7, 11) is 0. The highest BCUT2D eigenvalue weighted by Crippen LogP contribution is 2.36. The highest BCUT2D eigenvalue weighted by Gasteiger charge is 2.19. The molecule has 1 aliphatic rings. The lowest BCUT2D eigenvalue weighted by molar-refractivity contribution is 0.420. The van der Waals surface area contributed by atoms with Gasteiger partial charge < -0.3 is 0 Å². The van der Waals surface area contributed by atoms with Gasteiger partial charge in [0, 0.05) is 11.1 Å². The monoisotopic (exact) mass is 301 g/mol. The Morgan fingerprint density at radius 1 is 0.739 bits per heavy atom. The Balaban J connectivity index is 1.69. The molecule has 0 N–H and O–H groups in total. The van der Waals surface area contributed by atoms with E-state index in [-0.39, 0.29) is 0 Å². The fourth-order valence-corrected chi connectivity index (χ4v) is 2.97. The third-order valence-electron chi connectivity index (χ3n) is 4.52. The minimum absolute atomic E-state index is 0.733. The normalized spacial score (nSPS) is 14.5. The predicted molar refractivity (Wildman–Crippen MR) is 92.0 cm³/mol. The van der Waals surface area contributed by atoms with Gasteiger partial charge in [-0.15, -0.1) is 0 Å². The van der Waals surface area contributed by atoms with E-state index in [9.17, 15) is 0 Å². The molecule has 0 amide bonds. The Hall–Kier alpha value is -2.55. The van der Waals surface area contributed by atoms with E-state index in [0.29, 0.717) is 0 Å². The van der Waals surface area contributed by atoms with Gasteiger partial charge in [0.15, 0.2) is 11.6 Å². The van der Waals surface area contributed by atoms with Crippen LogP contribution in [-0.2, 0) is 0 Å². The Kier molecular flexibility index (Phi) is 3.62. The summed E-state index contributed by atoms with van der Waals surface area (Å²) >= 11 is 0. The van der Waals surface area contributed by atoms with E-state index in [1.165, 1.54) is 24.8 Å². The summed E-state index contributed by atoms with van der Waals surface area (Å²) in [5.74, 6) is 2.98. The van der Waals surface area contributed by atoms with Crippen molar-refractivity contribution in [1.29, 1.82) is 0 Å². The Bertz CT molecular complexity index is 806. The van der Waals surface area contributed by atoms with E-state index in [1.807, 2.05) is 37.3 Å². The van der Waals surface area contributed by atoms with Crippen molar-refractivity contribution in [2.75, 3.05) is 0 Å². The van der Waals surface area contributed by atoms with Crippen molar-refractivity contribution >= 4 is 0 Å². The third kappa shape index (κ3) is 2.87. The van der Waals surface area contributed by atoms with E-state index in [1.54, 1.807) is 0 Å². The summed E-state index contributed by atoms with van der Waals surface area (Å²) in [5, 5.41) is 0. The standard InChI is InChI=1S/C20H19N3/c1-14-21-19(17-6-3-2-4-7-17)23-20(22-14)18-12-10-16(11-13-18)15-8-5-9-15/h2-4,6-7,10-13,15H,5,8-9H2,1H3. The quantitative estimate of drug-likeness (QED) is 0.698. The number of hydrogen-bond acceptors (Lipinski definition) is 3. The molecule has 3 nitrogen and oxygen atoms in total. The van der Waals surface area contributed by atoms with Crippen molar-refractivity contribution in [3.05, 3.63) is 66.0 Å². The number of hydrogen-bond donors (Lipinski definition) is 0. The second-order valence-corrected chi connectivity index (χ2v) is 6.15. The third-order valence-corrected chi connectivity index (χ3v) is 4.52. The summed E-state index contributed by atoms with van der Waals surface area (Å²) in [6.45, 7) is 1.92. The number of rotatable bonds is 3. The molecule has 0 radical (unpaired) electrons. The molecule has 1 saturated carbocycles. The van der Waals surface area contributed by atoms with Gasteiger partial charge in [-0.25, -0.2) is 15.0 Å². The van der Waals surface area contributed by atoms with Gasteiger partial charge >= 0.3 is 0 Å². The second kappa shape index (κ2) is 5.92. The average Bonchev–Trinajstić information content (AvgIpc) is 2.54. The Labute approximate surface area is 136 Å². The average molecular weight is 301 g/mol. The maximum absolute atomic E-state index is 4.66. The molecule has 0 saturated heterocycles. The van der Waals surface area contributed by atoms with Crippen LogP contribution in [0.4, 0.5) is 0 Å². The molecule has 1 fully saturated rings. The molecule has 0 atom stereocenters. The van der Waals surface area contributed by atoms with Crippen molar-refractivity contribution in [3.63, 3.8) is 0 Å². The van der Waals surface area contributed by atoms with Crippen LogP contribution in [0.3, 0.4) is 0 Å². The van der Waals surface area contributed by atoms with Crippen LogP contribution in [0.15, 0.2) is 54.6 Å². The molecule has 3 aromatic rings. The lowest BCUT2D eigenvalue weighted by atomic mass is 9.80. The van der Waals surface area contributed by atoms with E-state index in [2.05, 4.69) is 39.2 Å². The lowest BCUT2D eigenvalue weighted by Gasteiger charge is -2.25. The fourth-order valence-electron chi connectivity index (χ4n) is 2.97. The first-order chi connectivity index (χ1) is 11.3. The van der Waals surface area contributed by atoms with E-state index >= 15 is 0 Å². The second-order valence-electron chi connectivity index (χ2n) is 6.15. The molecule has 114 valence electrons. The molecule has 23 heavy (non-hydrogen) atoms. The molecule has 2 aromatic carbocycles. The maximum Gasteiger partial charge on any atom is 0.163 e. The van der Waals surface area contributed by atoms with Crippen molar-refractivity contribution in [3.8, 4) is 22.8 Å². The number of benzene rings is 2. The summed E-state index contributed by atoms with van der Waals surface area (Å²) in [6.07, 6.45) is 4.00. The fraction of sp³-hybridized carbons (Fsp3) is 0.250. The Morgan fingerprint density at radius 3 is 1.91 bits per heavy atom. The van der Waals surface area contributed by atoms with Gasteiger partial charge in [0.05, 0.1) is 0 Å². The first-order valence-corrected chi connectivity index (χ1v) is 8.18. The van der Waals surface area contributed by atoms with Crippen LogP contribution in [0.2, 0.25) is 0 Å². The highest BCUT2D eigenvalue weighted by molar-refractivity contribution is 5.61. The van der Waals surface area contributed by atoms with Gasteiger partial charge in [-0.1, -0.05) is 61.0 Å². The van der Waals surface area contributed by atoms with Gasteiger partial charge in [0.25, 0.3) is 0 Å². The predicted octanol–water partition coefficient (Wildman–Crippen LogP) is 4.78. The van der Waals surface area contributed by atoms with Gasteiger partial charge in [0.1, 0.15) is 5.82 Å². The van der Waals surface area contributed by atoms with Gasteiger partial charge in [-0.3, -0.25) is 0 Å². The number of aromatic nitrogens is 3. The zero-order valence-electron chi connectivity index (χ0n) is 13.2. The SMILES string of the molecule is Cc1nc(-c2ccccc2)nc(-c2ccc(C3CCC3)cc2)n1. The maximum atomic E-state index is 4.66. The largest absolute Gasteiger partial charge is 0.213 e. The van der Waals surface area contributed by atoms with Crippen LogP contribution in [0.1, 0.15) is 36.6 Å². The minimum atomic E-state index is 0.733.